The highest BCUT2D eigenvalue weighted by Gasteiger charge is 2.09. The maximum absolute atomic E-state index is 9.34. The second-order valence-electron chi connectivity index (χ2n) is 4.49. The number of hydrogen-bond donors (Lipinski definition) is 2. The Morgan fingerprint density at radius 2 is 2.00 bits per heavy atom. The molecule has 0 saturated heterocycles. The topological polar surface area (TPSA) is 32.3 Å². The Morgan fingerprint density at radius 1 is 1.37 bits per heavy atom. The van der Waals surface area contributed by atoms with Crippen LogP contribution in [0.2, 0.25) is 0 Å². The van der Waals surface area contributed by atoms with Crippen molar-refractivity contribution in [3.8, 4) is 0 Å². The Kier molecular flexibility index (Phi) is 6.74. The van der Waals surface area contributed by atoms with E-state index in [1.165, 1.54) is 16.0 Å². The van der Waals surface area contributed by atoms with Gasteiger partial charge in [-0.05, 0) is 36.9 Å². The first-order valence-corrected chi connectivity index (χ1v) is 7.51. The van der Waals surface area contributed by atoms with Gasteiger partial charge in [0.05, 0.1) is 12.6 Å². The van der Waals surface area contributed by atoms with Crippen LogP contribution in [0.25, 0.3) is 4.91 Å². The molecule has 1 rings (SSSR count). The summed E-state index contributed by atoms with van der Waals surface area (Å²) in [7, 11) is 0. The molecule has 19 heavy (non-hydrogen) atoms. The maximum atomic E-state index is 9.34. The van der Waals surface area contributed by atoms with Crippen molar-refractivity contribution in [3.05, 3.63) is 53.7 Å². The molecular formula is C16H23NOS. The van der Waals surface area contributed by atoms with Crippen LogP contribution in [0.3, 0.4) is 0 Å². The lowest BCUT2D eigenvalue weighted by atomic mass is 10.0. The third-order valence-electron chi connectivity index (χ3n) is 2.82. The molecular weight excluding hydrogens is 254 g/mol. The highest BCUT2D eigenvalue weighted by atomic mass is 32.2. The number of nitrogens with one attached hydrogen (secondary N) is 1. The molecule has 1 unspecified atom stereocenters. The van der Waals surface area contributed by atoms with Crippen molar-refractivity contribution in [1.29, 1.82) is 0 Å². The number of aliphatic hydroxyl groups excluding tert-OH is 1. The van der Waals surface area contributed by atoms with Crippen LogP contribution in [0.4, 0.5) is 0 Å². The SMILES string of the molecule is C=CNC(CO)c1ccc(C(SCC)=C(C)C)cc1. The van der Waals surface area contributed by atoms with E-state index in [4.69, 9.17) is 0 Å². The number of rotatable bonds is 7. The van der Waals surface area contributed by atoms with Crippen molar-refractivity contribution >= 4 is 16.7 Å². The minimum Gasteiger partial charge on any atom is -0.394 e. The first-order chi connectivity index (χ1) is 9.13. The molecule has 1 aromatic rings. The smallest absolute Gasteiger partial charge is 0.0739 e. The summed E-state index contributed by atoms with van der Waals surface area (Å²) >= 11 is 1.87. The zero-order valence-corrected chi connectivity index (χ0v) is 12.8. The fourth-order valence-electron chi connectivity index (χ4n) is 1.92. The monoisotopic (exact) mass is 277 g/mol. The number of aliphatic hydroxyl groups is 1. The molecule has 1 aromatic carbocycles. The fraction of sp³-hybridized carbons (Fsp3) is 0.375. The van der Waals surface area contributed by atoms with E-state index in [-0.39, 0.29) is 12.6 Å². The van der Waals surface area contributed by atoms with Crippen molar-refractivity contribution in [1.82, 2.24) is 5.32 Å². The summed E-state index contributed by atoms with van der Waals surface area (Å²) in [5, 5.41) is 12.4. The molecule has 0 aliphatic rings. The predicted molar refractivity (Wildman–Crippen MR) is 86.0 cm³/mol. The molecule has 3 heteroatoms. The van der Waals surface area contributed by atoms with Crippen LogP contribution in [-0.2, 0) is 0 Å². The Balaban J connectivity index is 2.97. The van der Waals surface area contributed by atoms with Crippen LogP contribution >= 0.6 is 11.8 Å². The number of thioether (sulfide) groups is 1. The van der Waals surface area contributed by atoms with Crippen LogP contribution in [0.5, 0.6) is 0 Å². The summed E-state index contributed by atoms with van der Waals surface area (Å²) in [6.45, 7) is 10.1. The molecule has 2 N–H and O–H groups in total. The number of hydrogen-bond acceptors (Lipinski definition) is 3. The van der Waals surface area contributed by atoms with E-state index in [9.17, 15) is 5.11 Å². The van der Waals surface area contributed by atoms with Gasteiger partial charge in [-0.1, -0.05) is 43.3 Å². The standard InChI is InChI=1S/C16H23NOS/c1-5-17-15(11-18)13-7-9-14(10-8-13)16(12(3)4)19-6-2/h5,7-10,15,17-18H,1,6,11H2,2-4H3. The molecule has 0 aliphatic heterocycles. The summed E-state index contributed by atoms with van der Waals surface area (Å²) in [6, 6.07) is 8.28. The second-order valence-corrected chi connectivity index (χ2v) is 5.76. The van der Waals surface area contributed by atoms with Gasteiger partial charge in [-0.3, -0.25) is 0 Å². The Labute approximate surface area is 120 Å². The third-order valence-corrected chi connectivity index (χ3v) is 4.04. The summed E-state index contributed by atoms with van der Waals surface area (Å²) in [4.78, 5) is 1.34. The Morgan fingerprint density at radius 3 is 2.42 bits per heavy atom. The molecule has 0 spiro atoms. The molecule has 0 radical (unpaired) electrons. The van der Waals surface area contributed by atoms with E-state index in [0.717, 1.165) is 11.3 Å². The van der Waals surface area contributed by atoms with Gasteiger partial charge in [0.2, 0.25) is 0 Å². The van der Waals surface area contributed by atoms with Crippen LogP contribution in [0.15, 0.2) is 42.6 Å². The van der Waals surface area contributed by atoms with Gasteiger partial charge in [0.1, 0.15) is 0 Å². The van der Waals surface area contributed by atoms with Crippen LogP contribution < -0.4 is 5.32 Å². The Hall–Kier alpha value is -1.19. The average Bonchev–Trinajstić information content (AvgIpc) is 2.42. The molecule has 0 saturated carbocycles. The van der Waals surface area contributed by atoms with Crippen LogP contribution in [0, 0.1) is 0 Å². The van der Waals surface area contributed by atoms with E-state index in [0.29, 0.717) is 0 Å². The molecule has 104 valence electrons. The lowest BCUT2D eigenvalue weighted by Crippen LogP contribution is -2.18. The number of benzene rings is 1. The van der Waals surface area contributed by atoms with E-state index >= 15 is 0 Å². The summed E-state index contributed by atoms with van der Waals surface area (Å²) < 4.78 is 0. The third kappa shape index (κ3) is 4.44. The van der Waals surface area contributed by atoms with Gasteiger partial charge in [-0.15, -0.1) is 11.8 Å². The van der Waals surface area contributed by atoms with Crippen molar-refractivity contribution in [2.75, 3.05) is 12.4 Å². The van der Waals surface area contributed by atoms with Gasteiger partial charge < -0.3 is 10.4 Å². The van der Waals surface area contributed by atoms with E-state index in [2.05, 4.69) is 56.9 Å². The minimum atomic E-state index is -0.0828. The van der Waals surface area contributed by atoms with Gasteiger partial charge in [0, 0.05) is 4.91 Å². The lowest BCUT2D eigenvalue weighted by molar-refractivity contribution is 0.254. The van der Waals surface area contributed by atoms with Crippen molar-refractivity contribution in [2.24, 2.45) is 0 Å². The summed E-state index contributed by atoms with van der Waals surface area (Å²) in [5.41, 5.74) is 3.65. The first kappa shape index (κ1) is 15.9. The van der Waals surface area contributed by atoms with E-state index in [1.54, 1.807) is 6.20 Å². The Bertz CT molecular complexity index is 433. The summed E-state index contributed by atoms with van der Waals surface area (Å²) in [6.07, 6.45) is 1.61. The molecule has 2 nitrogen and oxygen atoms in total. The van der Waals surface area contributed by atoms with Gasteiger partial charge in [0.25, 0.3) is 0 Å². The highest BCUT2D eigenvalue weighted by molar-refractivity contribution is 8.08. The van der Waals surface area contributed by atoms with Gasteiger partial charge >= 0.3 is 0 Å². The fourth-order valence-corrected chi connectivity index (χ4v) is 2.80. The van der Waals surface area contributed by atoms with Gasteiger partial charge in [-0.25, -0.2) is 0 Å². The molecule has 0 aromatic heterocycles. The van der Waals surface area contributed by atoms with Crippen LogP contribution in [-0.4, -0.2) is 17.5 Å². The quantitative estimate of drug-likeness (QED) is 0.791. The van der Waals surface area contributed by atoms with E-state index in [1.807, 2.05) is 11.8 Å². The van der Waals surface area contributed by atoms with Gasteiger partial charge in [-0.2, -0.15) is 0 Å². The normalized spacial score (nSPS) is 11.8. The minimum absolute atomic E-state index is 0.0601. The first-order valence-electron chi connectivity index (χ1n) is 6.52. The largest absolute Gasteiger partial charge is 0.394 e. The van der Waals surface area contributed by atoms with Crippen molar-refractivity contribution in [3.63, 3.8) is 0 Å². The predicted octanol–water partition coefficient (Wildman–Crippen LogP) is 3.96. The molecule has 1 atom stereocenters. The molecule has 0 fully saturated rings. The van der Waals surface area contributed by atoms with Crippen molar-refractivity contribution in [2.45, 2.75) is 26.8 Å². The van der Waals surface area contributed by atoms with Crippen LogP contribution in [0.1, 0.15) is 37.9 Å². The van der Waals surface area contributed by atoms with Crippen molar-refractivity contribution < 1.29 is 5.11 Å². The van der Waals surface area contributed by atoms with Gasteiger partial charge in [0.15, 0.2) is 0 Å². The summed E-state index contributed by atoms with van der Waals surface area (Å²) in [5.74, 6) is 1.07. The average molecular weight is 277 g/mol. The zero-order valence-electron chi connectivity index (χ0n) is 11.9. The maximum Gasteiger partial charge on any atom is 0.0739 e. The molecule has 0 aliphatic carbocycles. The lowest BCUT2D eigenvalue weighted by Gasteiger charge is -2.16. The number of allylic oxidation sites excluding steroid dienone is 1. The van der Waals surface area contributed by atoms with E-state index < -0.39 is 0 Å². The molecule has 0 heterocycles. The second kappa shape index (κ2) is 8.08. The molecule has 0 bridgehead atoms. The molecule has 0 amide bonds. The highest BCUT2D eigenvalue weighted by Crippen LogP contribution is 2.31. The zero-order chi connectivity index (χ0) is 14.3.